The van der Waals surface area contributed by atoms with Gasteiger partial charge in [0.2, 0.25) is 0 Å². The van der Waals surface area contributed by atoms with Gasteiger partial charge in [-0.05, 0) is 41.7 Å². The van der Waals surface area contributed by atoms with Gasteiger partial charge >= 0.3 is 0 Å². The van der Waals surface area contributed by atoms with E-state index in [1.165, 1.54) is 5.56 Å². The molecule has 2 heteroatoms. The molecule has 0 fully saturated rings. The standard InChI is InChI=1S/C14H19BrO/c1-5-11(4)9-16-14-7-6-12(15)8-13(14)10(2)3/h6-8,10H,4-5,9H2,1-3H3. The molecule has 0 spiro atoms. The zero-order chi connectivity index (χ0) is 12.1. The van der Waals surface area contributed by atoms with Crippen molar-refractivity contribution in [2.24, 2.45) is 0 Å². The Balaban J connectivity index is 2.82. The molecule has 0 N–H and O–H groups in total. The highest BCUT2D eigenvalue weighted by molar-refractivity contribution is 9.10. The van der Waals surface area contributed by atoms with Crippen LogP contribution in [0, 0.1) is 0 Å². The molecule has 16 heavy (non-hydrogen) atoms. The Hall–Kier alpha value is -0.760. The summed E-state index contributed by atoms with van der Waals surface area (Å²) in [5.74, 6) is 1.43. The zero-order valence-corrected chi connectivity index (χ0v) is 11.8. The van der Waals surface area contributed by atoms with Crippen molar-refractivity contribution in [1.82, 2.24) is 0 Å². The van der Waals surface area contributed by atoms with Gasteiger partial charge in [0, 0.05) is 4.47 Å². The minimum Gasteiger partial charge on any atom is -0.489 e. The summed E-state index contributed by atoms with van der Waals surface area (Å²) in [6, 6.07) is 6.15. The average Bonchev–Trinajstić information content (AvgIpc) is 2.26. The first-order valence-electron chi connectivity index (χ1n) is 5.63. The maximum absolute atomic E-state index is 5.79. The first kappa shape index (κ1) is 13.3. The molecule has 0 radical (unpaired) electrons. The molecular weight excluding hydrogens is 264 g/mol. The summed E-state index contributed by atoms with van der Waals surface area (Å²) in [5, 5.41) is 0. The van der Waals surface area contributed by atoms with E-state index in [4.69, 9.17) is 4.74 Å². The van der Waals surface area contributed by atoms with E-state index in [9.17, 15) is 0 Å². The monoisotopic (exact) mass is 282 g/mol. The fraction of sp³-hybridized carbons (Fsp3) is 0.429. The first-order valence-corrected chi connectivity index (χ1v) is 6.42. The third-order valence-electron chi connectivity index (χ3n) is 2.53. The molecule has 0 aromatic heterocycles. The fourth-order valence-electron chi connectivity index (χ4n) is 1.38. The Morgan fingerprint density at radius 3 is 2.69 bits per heavy atom. The highest BCUT2D eigenvalue weighted by Gasteiger charge is 2.08. The summed E-state index contributed by atoms with van der Waals surface area (Å²) in [6.07, 6.45) is 0.966. The van der Waals surface area contributed by atoms with Crippen LogP contribution in [0.5, 0.6) is 5.75 Å². The zero-order valence-electron chi connectivity index (χ0n) is 10.2. The van der Waals surface area contributed by atoms with E-state index in [2.05, 4.69) is 49.3 Å². The third-order valence-corrected chi connectivity index (χ3v) is 3.02. The van der Waals surface area contributed by atoms with Crippen LogP contribution < -0.4 is 4.74 Å². The highest BCUT2D eigenvalue weighted by atomic mass is 79.9. The first-order chi connectivity index (χ1) is 7.54. The highest BCUT2D eigenvalue weighted by Crippen LogP contribution is 2.29. The molecule has 0 saturated heterocycles. The average molecular weight is 283 g/mol. The second-order valence-electron chi connectivity index (χ2n) is 4.23. The van der Waals surface area contributed by atoms with Crippen molar-refractivity contribution in [3.8, 4) is 5.75 Å². The Morgan fingerprint density at radius 1 is 1.44 bits per heavy atom. The number of rotatable bonds is 5. The molecule has 1 aromatic rings. The van der Waals surface area contributed by atoms with Gasteiger partial charge in [0.15, 0.2) is 0 Å². The Labute approximate surface area is 107 Å². The predicted molar refractivity (Wildman–Crippen MR) is 73.2 cm³/mol. The van der Waals surface area contributed by atoms with Gasteiger partial charge in [0.25, 0.3) is 0 Å². The van der Waals surface area contributed by atoms with Gasteiger partial charge in [-0.2, -0.15) is 0 Å². The molecule has 1 aromatic carbocycles. The lowest BCUT2D eigenvalue weighted by molar-refractivity contribution is 0.344. The number of benzene rings is 1. The van der Waals surface area contributed by atoms with Crippen LogP contribution in [0.4, 0.5) is 0 Å². The van der Waals surface area contributed by atoms with Crippen molar-refractivity contribution in [2.75, 3.05) is 6.61 Å². The second kappa shape index (κ2) is 6.09. The van der Waals surface area contributed by atoms with E-state index in [0.29, 0.717) is 12.5 Å². The predicted octanol–water partition coefficient (Wildman–Crippen LogP) is 4.92. The molecule has 0 saturated carbocycles. The molecule has 0 amide bonds. The molecule has 0 unspecified atom stereocenters. The summed E-state index contributed by atoms with van der Waals surface area (Å²) in [4.78, 5) is 0. The smallest absolute Gasteiger partial charge is 0.123 e. The van der Waals surface area contributed by atoms with Crippen LogP contribution in [-0.2, 0) is 0 Å². The molecule has 0 atom stereocenters. The molecule has 88 valence electrons. The Kier molecular flexibility index (Phi) is 5.07. The molecule has 0 aliphatic carbocycles. The Bertz CT molecular complexity index is 369. The van der Waals surface area contributed by atoms with Crippen LogP contribution in [0.1, 0.15) is 38.7 Å². The van der Waals surface area contributed by atoms with Gasteiger partial charge < -0.3 is 4.74 Å². The minimum atomic E-state index is 0.461. The van der Waals surface area contributed by atoms with E-state index in [1.54, 1.807) is 0 Å². The van der Waals surface area contributed by atoms with E-state index >= 15 is 0 Å². The molecular formula is C14H19BrO. The topological polar surface area (TPSA) is 9.23 Å². The minimum absolute atomic E-state index is 0.461. The molecule has 0 heterocycles. The van der Waals surface area contributed by atoms with Gasteiger partial charge in [-0.15, -0.1) is 0 Å². The van der Waals surface area contributed by atoms with Gasteiger partial charge in [-0.1, -0.05) is 43.3 Å². The van der Waals surface area contributed by atoms with Crippen molar-refractivity contribution in [1.29, 1.82) is 0 Å². The number of ether oxygens (including phenoxy) is 1. The van der Waals surface area contributed by atoms with Crippen LogP contribution in [0.2, 0.25) is 0 Å². The van der Waals surface area contributed by atoms with Crippen LogP contribution >= 0.6 is 15.9 Å². The van der Waals surface area contributed by atoms with Crippen LogP contribution in [0.15, 0.2) is 34.8 Å². The molecule has 0 aliphatic heterocycles. The normalized spacial score (nSPS) is 10.6. The van der Waals surface area contributed by atoms with E-state index in [-0.39, 0.29) is 0 Å². The third kappa shape index (κ3) is 3.67. The van der Waals surface area contributed by atoms with Crippen LogP contribution in [-0.4, -0.2) is 6.61 Å². The summed E-state index contributed by atoms with van der Waals surface area (Å²) < 4.78 is 6.88. The van der Waals surface area contributed by atoms with Gasteiger partial charge in [0.1, 0.15) is 12.4 Å². The van der Waals surface area contributed by atoms with Crippen molar-refractivity contribution in [3.63, 3.8) is 0 Å². The summed E-state index contributed by atoms with van der Waals surface area (Å²) in [5.41, 5.74) is 2.36. The van der Waals surface area contributed by atoms with Crippen molar-refractivity contribution >= 4 is 15.9 Å². The summed E-state index contributed by atoms with van der Waals surface area (Å²) in [7, 11) is 0. The molecule has 0 bridgehead atoms. The maximum Gasteiger partial charge on any atom is 0.123 e. The summed E-state index contributed by atoms with van der Waals surface area (Å²) >= 11 is 3.49. The van der Waals surface area contributed by atoms with Gasteiger partial charge in [-0.25, -0.2) is 0 Å². The van der Waals surface area contributed by atoms with Crippen molar-refractivity contribution in [2.45, 2.75) is 33.1 Å². The van der Waals surface area contributed by atoms with E-state index in [1.807, 2.05) is 12.1 Å². The van der Waals surface area contributed by atoms with Gasteiger partial charge in [0.05, 0.1) is 0 Å². The fourth-order valence-corrected chi connectivity index (χ4v) is 1.76. The Morgan fingerprint density at radius 2 is 2.12 bits per heavy atom. The molecule has 1 nitrogen and oxygen atoms in total. The lowest BCUT2D eigenvalue weighted by atomic mass is 10.0. The molecule has 1 rings (SSSR count). The lowest BCUT2D eigenvalue weighted by Crippen LogP contribution is -2.02. The van der Waals surface area contributed by atoms with E-state index < -0.39 is 0 Å². The van der Waals surface area contributed by atoms with Crippen LogP contribution in [0.3, 0.4) is 0 Å². The van der Waals surface area contributed by atoms with Crippen LogP contribution in [0.25, 0.3) is 0 Å². The quantitative estimate of drug-likeness (QED) is 0.697. The molecule has 0 aliphatic rings. The maximum atomic E-state index is 5.79. The SMILES string of the molecule is C=C(CC)COc1ccc(Br)cc1C(C)C. The van der Waals surface area contributed by atoms with Crippen molar-refractivity contribution < 1.29 is 4.74 Å². The summed E-state index contributed by atoms with van der Waals surface area (Å²) in [6.45, 7) is 11.0. The largest absolute Gasteiger partial charge is 0.489 e. The second-order valence-corrected chi connectivity index (χ2v) is 5.14. The number of halogens is 1. The number of hydrogen-bond donors (Lipinski definition) is 0. The number of hydrogen-bond acceptors (Lipinski definition) is 1. The van der Waals surface area contributed by atoms with Gasteiger partial charge in [-0.3, -0.25) is 0 Å². The van der Waals surface area contributed by atoms with Crippen molar-refractivity contribution in [3.05, 3.63) is 40.4 Å². The lowest BCUT2D eigenvalue weighted by Gasteiger charge is -2.15. The van der Waals surface area contributed by atoms with E-state index in [0.717, 1.165) is 22.2 Å².